The first-order chi connectivity index (χ1) is 5.54. The SMILES string of the molecule is C/C=C/C(=O)[O-].C/C=C/C(=O)[O-].[Ba+2]. The van der Waals surface area contributed by atoms with E-state index in [1.165, 1.54) is 12.2 Å². The van der Waals surface area contributed by atoms with Crippen LogP contribution in [0.15, 0.2) is 24.3 Å². The van der Waals surface area contributed by atoms with Crippen molar-refractivity contribution in [1.29, 1.82) is 0 Å². The van der Waals surface area contributed by atoms with Crippen LogP contribution < -0.4 is 10.2 Å². The summed E-state index contributed by atoms with van der Waals surface area (Å²) in [5.41, 5.74) is 0. The van der Waals surface area contributed by atoms with Crippen molar-refractivity contribution in [2.75, 3.05) is 0 Å². The number of hydrogen-bond donors (Lipinski definition) is 0. The van der Waals surface area contributed by atoms with Gasteiger partial charge >= 0.3 is 48.9 Å². The van der Waals surface area contributed by atoms with Crippen molar-refractivity contribution < 1.29 is 19.8 Å². The van der Waals surface area contributed by atoms with Gasteiger partial charge in [0.1, 0.15) is 0 Å². The predicted octanol–water partition coefficient (Wildman–Crippen LogP) is -1.76. The van der Waals surface area contributed by atoms with Gasteiger partial charge in [-0.1, -0.05) is 12.2 Å². The molecule has 0 rings (SSSR count). The van der Waals surface area contributed by atoms with E-state index in [9.17, 15) is 19.8 Å². The second-order valence-corrected chi connectivity index (χ2v) is 1.64. The molecule has 5 heteroatoms. The molecular formula is C8H10BaO4. The number of allylic oxidation sites excluding steroid dienone is 2. The van der Waals surface area contributed by atoms with E-state index in [1.54, 1.807) is 13.8 Å². The fraction of sp³-hybridized carbons (Fsp3) is 0.250. The third-order valence-electron chi connectivity index (χ3n) is 0.605. The van der Waals surface area contributed by atoms with Crippen molar-refractivity contribution in [2.45, 2.75) is 13.8 Å². The second-order valence-electron chi connectivity index (χ2n) is 1.64. The standard InChI is InChI=1S/2C4H6O2.Ba/c2*1-2-3-4(5)6;/h2*2-3H,1H3,(H,5,6);/q;;+2/p-2/b2*3-2+;. The van der Waals surface area contributed by atoms with Gasteiger partial charge in [0.15, 0.2) is 0 Å². The quantitative estimate of drug-likeness (QED) is 0.447. The minimum atomic E-state index is -1.14. The Morgan fingerprint density at radius 2 is 1.15 bits per heavy atom. The molecule has 0 aromatic rings. The first kappa shape index (κ1) is 18.7. The van der Waals surface area contributed by atoms with E-state index in [2.05, 4.69) is 0 Å². The molecule has 68 valence electrons. The van der Waals surface area contributed by atoms with Crippen LogP contribution in [0.2, 0.25) is 0 Å². The molecule has 0 radical (unpaired) electrons. The monoisotopic (exact) mass is 308 g/mol. The molecule has 13 heavy (non-hydrogen) atoms. The van der Waals surface area contributed by atoms with Gasteiger partial charge in [-0.15, -0.1) is 0 Å². The fourth-order valence-electron chi connectivity index (χ4n) is 0.272. The molecule has 0 aromatic heterocycles. The van der Waals surface area contributed by atoms with Gasteiger partial charge in [-0.3, -0.25) is 0 Å². The molecule has 0 aliphatic heterocycles. The third kappa shape index (κ3) is 33.3. The van der Waals surface area contributed by atoms with E-state index >= 15 is 0 Å². The predicted molar refractivity (Wildman–Crippen MR) is 45.4 cm³/mol. The summed E-state index contributed by atoms with van der Waals surface area (Å²) in [6.45, 7) is 3.24. The zero-order valence-corrected chi connectivity index (χ0v) is 12.1. The Morgan fingerprint density at radius 1 is 0.923 bits per heavy atom. The number of aliphatic carboxylic acids is 2. The maximum absolute atomic E-state index is 9.40. The Morgan fingerprint density at radius 3 is 1.15 bits per heavy atom. The molecule has 4 nitrogen and oxygen atoms in total. The summed E-state index contributed by atoms with van der Waals surface area (Å²) in [4.78, 5) is 18.8. The molecule has 0 saturated heterocycles. The van der Waals surface area contributed by atoms with E-state index in [1.807, 2.05) is 0 Å². The van der Waals surface area contributed by atoms with E-state index < -0.39 is 11.9 Å². The van der Waals surface area contributed by atoms with Crippen LogP contribution in [0.3, 0.4) is 0 Å². The Balaban J connectivity index is -0.000000143. The molecule has 0 aliphatic rings. The zero-order valence-electron chi connectivity index (χ0n) is 7.65. The van der Waals surface area contributed by atoms with Gasteiger partial charge in [-0.2, -0.15) is 0 Å². The summed E-state index contributed by atoms with van der Waals surface area (Å²) >= 11 is 0. The maximum Gasteiger partial charge on any atom is 2.00 e. The molecule has 0 heterocycles. The van der Waals surface area contributed by atoms with Crippen LogP contribution in [-0.4, -0.2) is 60.8 Å². The van der Waals surface area contributed by atoms with Crippen molar-refractivity contribution in [3.05, 3.63) is 24.3 Å². The van der Waals surface area contributed by atoms with Gasteiger partial charge in [-0.25, -0.2) is 0 Å². The maximum atomic E-state index is 9.40. The average molecular weight is 307 g/mol. The Labute approximate surface area is 117 Å². The van der Waals surface area contributed by atoms with E-state index in [4.69, 9.17) is 0 Å². The van der Waals surface area contributed by atoms with Gasteiger partial charge in [0.05, 0.1) is 11.9 Å². The van der Waals surface area contributed by atoms with Gasteiger partial charge in [0.25, 0.3) is 0 Å². The third-order valence-corrected chi connectivity index (χ3v) is 0.605. The second kappa shape index (κ2) is 14.5. The van der Waals surface area contributed by atoms with Crippen LogP contribution >= 0.6 is 0 Å². The van der Waals surface area contributed by atoms with Crippen LogP contribution in [0.25, 0.3) is 0 Å². The molecule has 0 atom stereocenters. The Hall–Kier alpha value is -0.00857. The summed E-state index contributed by atoms with van der Waals surface area (Å²) in [7, 11) is 0. The molecule has 0 spiro atoms. The average Bonchev–Trinajstić information content (AvgIpc) is 1.87. The largest absolute Gasteiger partial charge is 2.00 e. The van der Waals surface area contributed by atoms with Crippen LogP contribution in [-0.2, 0) is 9.59 Å². The van der Waals surface area contributed by atoms with Crippen LogP contribution in [0.4, 0.5) is 0 Å². The Kier molecular flexibility index (Phi) is 20.9. The number of rotatable bonds is 2. The topological polar surface area (TPSA) is 80.3 Å². The Bertz CT molecular complexity index is 174. The number of carbonyl (C=O) groups is 2. The fourth-order valence-corrected chi connectivity index (χ4v) is 0.272. The van der Waals surface area contributed by atoms with Crippen LogP contribution in [0.5, 0.6) is 0 Å². The van der Waals surface area contributed by atoms with Gasteiger partial charge in [0.2, 0.25) is 0 Å². The van der Waals surface area contributed by atoms with Crippen LogP contribution in [0.1, 0.15) is 13.8 Å². The van der Waals surface area contributed by atoms with E-state index in [-0.39, 0.29) is 48.9 Å². The van der Waals surface area contributed by atoms with Crippen LogP contribution in [0, 0.1) is 0 Å². The molecule has 0 bridgehead atoms. The van der Waals surface area contributed by atoms with Crippen molar-refractivity contribution in [3.8, 4) is 0 Å². The number of hydrogen-bond acceptors (Lipinski definition) is 4. The van der Waals surface area contributed by atoms with Crippen molar-refractivity contribution >= 4 is 60.8 Å². The summed E-state index contributed by atoms with van der Waals surface area (Å²) in [5, 5.41) is 18.8. The zero-order chi connectivity index (χ0) is 9.98. The summed E-state index contributed by atoms with van der Waals surface area (Å²) in [5.74, 6) is -2.28. The number of carboxylic acids is 2. The number of carbonyl (C=O) groups excluding carboxylic acids is 2. The normalized spacial score (nSPS) is 8.77. The molecule has 0 aromatic carbocycles. The minimum absolute atomic E-state index is 0. The first-order valence-corrected chi connectivity index (χ1v) is 3.22. The van der Waals surface area contributed by atoms with Gasteiger partial charge < -0.3 is 19.8 Å². The molecule has 0 saturated carbocycles. The smallest absolute Gasteiger partial charge is 0.545 e. The molecule has 0 fully saturated rings. The first-order valence-electron chi connectivity index (χ1n) is 3.22. The van der Waals surface area contributed by atoms with Crippen molar-refractivity contribution in [3.63, 3.8) is 0 Å². The number of carboxylic acid groups (broad SMARTS) is 2. The molecule has 0 amide bonds. The van der Waals surface area contributed by atoms with Crippen molar-refractivity contribution in [2.24, 2.45) is 0 Å². The summed E-state index contributed by atoms with van der Waals surface area (Å²) in [6, 6.07) is 0. The van der Waals surface area contributed by atoms with Crippen molar-refractivity contribution in [1.82, 2.24) is 0 Å². The van der Waals surface area contributed by atoms with E-state index in [0.717, 1.165) is 12.2 Å². The molecular weight excluding hydrogens is 297 g/mol. The van der Waals surface area contributed by atoms with Gasteiger partial charge in [-0.05, 0) is 26.0 Å². The molecule has 0 N–H and O–H groups in total. The summed E-state index contributed by atoms with van der Waals surface area (Å²) < 4.78 is 0. The molecule has 0 unspecified atom stereocenters. The molecule has 0 aliphatic carbocycles. The van der Waals surface area contributed by atoms with E-state index in [0.29, 0.717) is 0 Å². The minimum Gasteiger partial charge on any atom is -0.545 e. The van der Waals surface area contributed by atoms with Gasteiger partial charge in [0, 0.05) is 0 Å². The summed E-state index contributed by atoms with van der Waals surface area (Å²) in [6.07, 6.45) is 4.77.